The molecule has 0 spiro atoms. The lowest BCUT2D eigenvalue weighted by molar-refractivity contribution is -0.115. The molecule has 1 heterocycles. The molecule has 0 aliphatic carbocycles. The maximum absolute atomic E-state index is 12.7. The number of benzene rings is 2. The monoisotopic (exact) mass is 367 g/mol. The summed E-state index contributed by atoms with van der Waals surface area (Å²) in [6.07, 6.45) is 2.59. The highest BCUT2D eigenvalue weighted by Crippen LogP contribution is 2.28. The molecular formula is C20H17NO4S. The van der Waals surface area contributed by atoms with E-state index in [0.717, 1.165) is 17.3 Å². The lowest BCUT2D eigenvalue weighted by Gasteiger charge is -2.09. The maximum Gasteiger partial charge on any atom is 0.290 e. The molecule has 1 aliphatic rings. The van der Waals surface area contributed by atoms with Gasteiger partial charge >= 0.3 is 0 Å². The molecule has 0 radical (unpaired) electrons. The lowest BCUT2D eigenvalue weighted by atomic mass is 10.00. The molecule has 2 aromatic rings. The van der Waals surface area contributed by atoms with Crippen molar-refractivity contribution in [2.75, 3.05) is 7.11 Å². The van der Waals surface area contributed by atoms with Gasteiger partial charge in [0.2, 0.25) is 0 Å². The minimum absolute atomic E-state index is 0.0365. The van der Waals surface area contributed by atoms with Gasteiger partial charge < -0.3 is 4.74 Å². The van der Waals surface area contributed by atoms with Crippen molar-refractivity contribution in [1.82, 2.24) is 5.32 Å². The van der Waals surface area contributed by atoms with E-state index in [-0.39, 0.29) is 5.78 Å². The van der Waals surface area contributed by atoms with Crippen LogP contribution >= 0.6 is 11.8 Å². The van der Waals surface area contributed by atoms with Crippen LogP contribution in [0.2, 0.25) is 0 Å². The number of thioether (sulfide) groups is 1. The van der Waals surface area contributed by atoms with Crippen LogP contribution in [0.25, 0.3) is 6.08 Å². The Hall–Kier alpha value is -2.86. The van der Waals surface area contributed by atoms with Crippen molar-refractivity contribution in [3.63, 3.8) is 0 Å². The van der Waals surface area contributed by atoms with Crippen molar-refractivity contribution in [2.24, 2.45) is 0 Å². The van der Waals surface area contributed by atoms with Gasteiger partial charge in [-0.25, -0.2) is 0 Å². The molecule has 132 valence electrons. The highest BCUT2D eigenvalue weighted by molar-refractivity contribution is 8.18. The van der Waals surface area contributed by atoms with Crippen LogP contribution in [0.3, 0.4) is 0 Å². The van der Waals surface area contributed by atoms with E-state index in [1.165, 1.54) is 7.11 Å². The molecule has 2 aromatic carbocycles. The average molecular weight is 367 g/mol. The summed E-state index contributed by atoms with van der Waals surface area (Å²) in [5.41, 5.74) is 2.23. The number of carbonyl (C=O) groups is 3. The number of amides is 2. The number of rotatable bonds is 6. The molecule has 5 nitrogen and oxygen atoms in total. The smallest absolute Gasteiger partial charge is 0.290 e. The number of ketones is 1. The summed E-state index contributed by atoms with van der Waals surface area (Å²) in [4.78, 5) is 35.9. The summed E-state index contributed by atoms with van der Waals surface area (Å²) in [6.45, 7) is 0. The van der Waals surface area contributed by atoms with E-state index in [9.17, 15) is 14.4 Å². The summed E-state index contributed by atoms with van der Waals surface area (Å²) in [6, 6.07) is 14.9. The summed E-state index contributed by atoms with van der Waals surface area (Å²) in [5.74, 6) is 0.0307. The summed E-state index contributed by atoms with van der Waals surface area (Å²) < 4.78 is 5.30. The zero-order chi connectivity index (χ0) is 18.5. The van der Waals surface area contributed by atoms with Gasteiger partial charge in [0, 0.05) is 6.42 Å². The van der Waals surface area contributed by atoms with Gasteiger partial charge in [0.1, 0.15) is 5.75 Å². The minimum Gasteiger partial charge on any atom is -0.496 e. The van der Waals surface area contributed by atoms with Crippen molar-refractivity contribution in [3.8, 4) is 5.75 Å². The molecule has 0 unspecified atom stereocenters. The third kappa shape index (κ3) is 4.21. The van der Waals surface area contributed by atoms with E-state index in [1.54, 1.807) is 24.3 Å². The molecular weight excluding hydrogens is 350 g/mol. The van der Waals surface area contributed by atoms with Crippen LogP contribution < -0.4 is 10.1 Å². The highest BCUT2D eigenvalue weighted by atomic mass is 32.2. The molecule has 1 fully saturated rings. The van der Waals surface area contributed by atoms with Gasteiger partial charge in [-0.1, -0.05) is 36.4 Å². The normalized spacial score (nSPS) is 15.2. The standard InChI is InChI=1S/C20H17NO4S/c1-25-17-10-8-14(12-18-19(23)21-20(24)26-18)11-15(17)16(22)9-7-13-5-3-2-4-6-13/h2-6,8,10-12H,7,9H2,1H3,(H,21,23,24)/b18-12-. The van der Waals surface area contributed by atoms with Crippen LogP contribution in [0.15, 0.2) is 53.4 Å². The molecule has 6 heteroatoms. The maximum atomic E-state index is 12.7. The molecule has 0 bridgehead atoms. The largest absolute Gasteiger partial charge is 0.496 e. The fourth-order valence-electron chi connectivity index (χ4n) is 2.64. The molecule has 1 N–H and O–H groups in total. The first kappa shape index (κ1) is 17.9. The summed E-state index contributed by atoms with van der Waals surface area (Å²) in [7, 11) is 1.51. The van der Waals surface area contributed by atoms with Gasteiger partial charge in [0.25, 0.3) is 11.1 Å². The van der Waals surface area contributed by atoms with Crippen molar-refractivity contribution < 1.29 is 19.1 Å². The Balaban J connectivity index is 1.81. The van der Waals surface area contributed by atoms with E-state index in [0.29, 0.717) is 34.6 Å². The zero-order valence-electron chi connectivity index (χ0n) is 14.2. The number of methoxy groups -OCH3 is 1. The Morgan fingerprint density at radius 3 is 2.58 bits per heavy atom. The summed E-state index contributed by atoms with van der Waals surface area (Å²) in [5, 5.41) is 1.82. The quantitative estimate of drug-likeness (QED) is 0.620. The van der Waals surface area contributed by atoms with Crippen LogP contribution in [-0.4, -0.2) is 24.0 Å². The first-order chi connectivity index (χ1) is 12.6. The lowest BCUT2D eigenvalue weighted by Crippen LogP contribution is -2.17. The van der Waals surface area contributed by atoms with E-state index in [4.69, 9.17) is 4.74 Å². The van der Waals surface area contributed by atoms with Crippen molar-refractivity contribution >= 4 is 34.8 Å². The number of aryl methyl sites for hydroxylation is 1. The molecule has 0 saturated carbocycles. The van der Waals surface area contributed by atoms with Crippen LogP contribution in [0, 0.1) is 0 Å². The van der Waals surface area contributed by atoms with Crippen LogP contribution in [0.4, 0.5) is 4.79 Å². The number of Topliss-reactive ketones (excluding diaryl/α,β-unsaturated/α-hetero) is 1. The second kappa shape index (κ2) is 8.01. The van der Waals surface area contributed by atoms with Gasteiger partial charge in [-0.3, -0.25) is 19.7 Å². The number of imide groups is 1. The van der Waals surface area contributed by atoms with E-state index >= 15 is 0 Å². The molecule has 3 rings (SSSR count). The van der Waals surface area contributed by atoms with Crippen molar-refractivity contribution in [2.45, 2.75) is 12.8 Å². The average Bonchev–Trinajstić information content (AvgIpc) is 2.97. The SMILES string of the molecule is COc1ccc(/C=C2\SC(=O)NC2=O)cc1C(=O)CCc1ccccc1. The Morgan fingerprint density at radius 1 is 1.15 bits per heavy atom. The Kier molecular flexibility index (Phi) is 5.53. The van der Waals surface area contributed by atoms with Gasteiger partial charge in [-0.15, -0.1) is 0 Å². The number of hydrogen-bond acceptors (Lipinski definition) is 5. The van der Waals surface area contributed by atoms with Crippen LogP contribution in [-0.2, 0) is 11.2 Å². The Labute approximate surface area is 155 Å². The molecule has 0 aromatic heterocycles. The Morgan fingerprint density at radius 2 is 1.92 bits per heavy atom. The number of ether oxygens (including phenoxy) is 1. The van der Waals surface area contributed by atoms with Crippen molar-refractivity contribution in [3.05, 3.63) is 70.1 Å². The molecule has 0 atom stereocenters. The topological polar surface area (TPSA) is 72.5 Å². The fraction of sp³-hybridized carbons (Fsp3) is 0.150. The zero-order valence-corrected chi connectivity index (χ0v) is 15.0. The second-order valence-electron chi connectivity index (χ2n) is 5.72. The van der Waals surface area contributed by atoms with Crippen LogP contribution in [0.5, 0.6) is 5.75 Å². The van der Waals surface area contributed by atoms with Crippen LogP contribution in [0.1, 0.15) is 27.9 Å². The summed E-state index contributed by atoms with van der Waals surface area (Å²) >= 11 is 0.846. The molecule has 1 saturated heterocycles. The minimum atomic E-state index is -0.423. The fourth-order valence-corrected chi connectivity index (χ4v) is 3.33. The highest BCUT2D eigenvalue weighted by Gasteiger charge is 2.25. The van der Waals surface area contributed by atoms with Gasteiger partial charge in [0.05, 0.1) is 17.6 Å². The number of nitrogens with one attached hydrogen (secondary N) is 1. The second-order valence-corrected chi connectivity index (χ2v) is 6.74. The van der Waals surface area contributed by atoms with Gasteiger partial charge in [-0.05, 0) is 47.5 Å². The predicted molar refractivity (Wildman–Crippen MR) is 101 cm³/mol. The van der Waals surface area contributed by atoms with Crippen molar-refractivity contribution in [1.29, 1.82) is 0 Å². The first-order valence-corrected chi connectivity index (χ1v) is 8.88. The first-order valence-electron chi connectivity index (χ1n) is 8.07. The Bertz CT molecular complexity index is 890. The van der Waals surface area contributed by atoms with Gasteiger partial charge in [-0.2, -0.15) is 0 Å². The van der Waals surface area contributed by atoms with E-state index in [2.05, 4.69) is 5.32 Å². The number of carbonyl (C=O) groups excluding carboxylic acids is 3. The van der Waals surface area contributed by atoms with Gasteiger partial charge in [0.15, 0.2) is 5.78 Å². The molecule has 26 heavy (non-hydrogen) atoms. The van der Waals surface area contributed by atoms with E-state index < -0.39 is 11.1 Å². The van der Waals surface area contributed by atoms with E-state index in [1.807, 2.05) is 30.3 Å². The number of hydrogen-bond donors (Lipinski definition) is 1. The molecule has 1 aliphatic heterocycles. The molecule has 2 amide bonds. The third-order valence-corrected chi connectivity index (χ3v) is 4.76. The predicted octanol–water partition coefficient (Wildman–Crippen LogP) is 3.83. The third-order valence-electron chi connectivity index (χ3n) is 3.95.